The third kappa shape index (κ3) is 2.54. The molecule has 118 valence electrons. The highest BCUT2D eigenvalue weighted by molar-refractivity contribution is 6.04. The summed E-state index contributed by atoms with van der Waals surface area (Å²) in [7, 11) is 0. The van der Waals surface area contributed by atoms with Crippen molar-refractivity contribution in [3.05, 3.63) is 72.1 Å². The Morgan fingerprint density at radius 2 is 1.79 bits per heavy atom. The van der Waals surface area contributed by atoms with Crippen molar-refractivity contribution in [3.8, 4) is 0 Å². The first-order valence-electron chi connectivity index (χ1n) is 7.86. The number of carbonyl (C=O) groups is 1. The monoisotopic (exact) mass is 316 g/mol. The molecule has 3 aromatic rings. The molecule has 0 spiro atoms. The van der Waals surface area contributed by atoms with Gasteiger partial charge >= 0.3 is 0 Å². The molecule has 0 bridgehead atoms. The Hall–Kier alpha value is -3.08. The van der Waals surface area contributed by atoms with Gasteiger partial charge in [0, 0.05) is 31.3 Å². The second kappa shape index (κ2) is 5.85. The molecule has 1 amide bonds. The summed E-state index contributed by atoms with van der Waals surface area (Å²) < 4.78 is 0. The number of hydrogen-bond donors (Lipinski definition) is 0. The molecule has 4 rings (SSSR count). The van der Waals surface area contributed by atoms with Crippen LogP contribution < -0.4 is 0 Å². The Morgan fingerprint density at radius 3 is 2.54 bits per heavy atom. The van der Waals surface area contributed by atoms with E-state index in [1.807, 2.05) is 48.5 Å². The van der Waals surface area contributed by atoms with Crippen molar-refractivity contribution in [2.45, 2.75) is 19.4 Å². The van der Waals surface area contributed by atoms with Crippen LogP contribution in [0.5, 0.6) is 0 Å². The van der Waals surface area contributed by atoms with Crippen molar-refractivity contribution in [1.82, 2.24) is 15.0 Å². The lowest BCUT2D eigenvalue weighted by molar-refractivity contribution is -0.130. The van der Waals surface area contributed by atoms with E-state index in [0.717, 1.165) is 27.9 Å². The number of benzene rings is 2. The minimum absolute atomic E-state index is 0.0561. The molecule has 24 heavy (non-hydrogen) atoms. The van der Waals surface area contributed by atoms with Crippen molar-refractivity contribution in [3.63, 3.8) is 0 Å². The number of hydrogen-bond acceptors (Lipinski definition) is 4. The molecular weight excluding hydrogens is 300 g/mol. The fraction of sp³-hybridized carbons (Fsp3) is 0.158. The first-order valence-corrected chi connectivity index (χ1v) is 7.86. The van der Waals surface area contributed by atoms with E-state index in [4.69, 9.17) is 0 Å². The van der Waals surface area contributed by atoms with Crippen LogP contribution in [0.1, 0.15) is 30.5 Å². The summed E-state index contributed by atoms with van der Waals surface area (Å²) in [6, 6.07) is 15.9. The largest absolute Gasteiger partial charge is 0.273 e. The van der Waals surface area contributed by atoms with Gasteiger partial charge < -0.3 is 0 Å². The van der Waals surface area contributed by atoms with Crippen molar-refractivity contribution < 1.29 is 4.79 Å². The molecule has 0 fully saturated rings. The van der Waals surface area contributed by atoms with Gasteiger partial charge in [0.2, 0.25) is 5.91 Å². The van der Waals surface area contributed by atoms with E-state index in [2.05, 4.69) is 15.1 Å². The number of carbonyl (C=O) groups excluding carboxylic acids is 1. The first kappa shape index (κ1) is 14.5. The van der Waals surface area contributed by atoms with Crippen LogP contribution in [0, 0.1) is 0 Å². The molecule has 0 aliphatic carbocycles. The second-order valence-corrected chi connectivity index (χ2v) is 5.80. The van der Waals surface area contributed by atoms with Crippen molar-refractivity contribution in [1.29, 1.82) is 0 Å². The molecule has 2 heterocycles. The van der Waals surface area contributed by atoms with E-state index in [1.165, 1.54) is 0 Å². The molecule has 0 unspecified atom stereocenters. The van der Waals surface area contributed by atoms with Gasteiger partial charge in [0.25, 0.3) is 0 Å². The molecule has 2 aromatic carbocycles. The summed E-state index contributed by atoms with van der Waals surface area (Å²) in [5, 5.41) is 6.15. The van der Waals surface area contributed by atoms with Crippen LogP contribution in [0.25, 0.3) is 11.0 Å². The van der Waals surface area contributed by atoms with Crippen LogP contribution in [0.3, 0.4) is 0 Å². The maximum Gasteiger partial charge on any atom is 0.240 e. The molecule has 1 atom stereocenters. The number of amides is 1. The van der Waals surface area contributed by atoms with Crippen LogP contribution in [0.15, 0.2) is 66.0 Å². The molecule has 0 radical (unpaired) electrons. The summed E-state index contributed by atoms with van der Waals surface area (Å²) in [6.45, 7) is 1.55. The summed E-state index contributed by atoms with van der Waals surface area (Å²) in [4.78, 5) is 20.6. The highest BCUT2D eigenvalue weighted by Gasteiger charge is 2.31. The normalized spacial score (nSPS) is 17.1. The molecule has 0 saturated heterocycles. The quantitative estimate of drug-likeness (QED) is 0.728. The van der Waals surface area contributed by atoms with E-state index < -0.39 is 0 Å². The minimum atomic E-state index is -0.0590. The summed E-state index contributed by atoms with van der Waals surface area (Å²) in [5.74, 6) is -0.0561. The van der Waals surface area contributed by atoms with Crippen molar-refractivity contribution >= 4 is 22.7 Å². The van der Waals surface area contributed by atoms with Gasteiger partial charge in [0.05, 0.1) is 22.8 Å². The number of nitrogens with zero attached hydrogens (tertiary/aromatic N) is 4. The topological polar surface area (TPSA) is 58.5 Å². The molecule has 1 aliphatic rings. The third-order valence-electron chi connectivity index (χ3n) is 4.22. The fourth-order valence-corrected chi connectivity index (χ4v) is 3.05. The zero-order valence-electron chi connectivity index (χ0n) is 13.3. The van der Waals surface area contributed by atoms with E-state index in [1.54, 1.807) is 24.3 Å². The molecule has 5 nitrogen and oxygen atoms in total. The van der Waals surface area contributed by atoms with Gasteiger partial charge in [0.1, 0.15) is 0 Å². The van der Waals surface area contributed by atoms with Crippen LogP contribution in [0.2, 0.25) is 0 Å². The Morgan fingerprint density at radius 1 is 1.04 bits per heavy atom. The standard InChI is InChI=1S/C19H16N4O/c1-13(24)23-19(14-5-3-2-4-6-14)12-17(22-23)15-7-8-16-18(11-15)21-10-9-20-16/h2-11,19H,12H2,1H3/t19-/m1/s1. The number of aromatic nitrogens is 2. The SMILES string of the molecule is CC(=O)N1N=C(c2ccc3nccnc3c2)C[C@@H]1c1ccccc1. The Bertz CT molecular complexity index is 936. The predicted molar refractivity (Wildman–Crippen MR) is 92.4 cm³/mol. The lowest BCUT2D eigenvalue weighted by Gasteiger charge is -2.20. The Kier molecular flexibility index (Phi) is 3.54. The van der Waals surface area contributed by atoms with Gasteiger partial charge in [-0.1, -0.05) is 36.4 Å². The molecule has 5 heteroatoms. The van der Waals surface area contributed by atoms with E-state index in [-0.39, 0.29) is 11.9 Å². The van der Waals surface area contributed by atoms with Gasteiger partial charge in [0.15, 0.2) is 0 Å². The van der Waals surface area contributed by atoms with E-state index >= 15 is 0 Å². The highest BCUT2D eigenvalue weighted by atomic mass is 16.2. The maximum atomic E-state index is 12.0. The molecule has 0 saturated carbocycles. The number of fused-ring (bicyclic) bond motifs is 1. The molecular formula is C19H16N4O. The maximum absolute atomic E-state index is 12.0. The summed E-state index contributed by atoms with van der Waals surface area (Å²) in [5.41, 5.74) is 4.64. The van der Waals surface area contributed by atoms with Gasteiger partial charge in [-0.05, 0) is 17.7 Å². The zero-order chi connectivity index (χ0) is 16.5. The van der Waals surface area contributed by atoms with E-state index in [9.17, 15) is 4.79 Å². The van der Waals surface area contributed by atoms with Gasteiger partial charge in [-0.15, -0.1) is 0 Å². The fourth-order valence-electron chi connectivity index (χ4n) is 3.05. The average Bonchev–Trinajstić information content (AvgIpc) is 3.08. The van der Waals surface area contributed by atoms with Crippen LogP contribution in [0.4, 0.5) is 0 Å². The Balaban J connectivity index is 1.72. The predicted octanol–water partition coefficient (Wildman–Crippen LogP) is 3.33. The minimum Gasteiger partial charge on any atom is -0.273 e. The summed E-state index contributed by atoms with van der Waals surface area (Å²) in [6.07, 6.45) is 4.05. The third-order valence-corrected chi connectivity index (χ3v) is 4.22. The molecule has 0 N–H and O–H groups in total. The van der Waals surface area contributed by atoms with Gasteiger partial charge in [-0.25, -0.2) is 5.01 Å². The van der Waals surface area contributed by atoms with Crippen LogP contribution >= 0.6 is 0 Å². The highest BCUT2D eigenvalue weighted by Crippen LogP contribution is 2.32. The smallest absolute Gasteiger partial charge is 0.240 e. The van der Waals surface area contributed by atoms with Crippen molar-refractivity contribution in [2.75, 3.05) is 0 Å². The van der Waals surface area contributed by atoms with Crippen LogP contribution in [-0.4, -0.2) is 26.6 Å². The van der Waals surface area contributed by atoms with Gasteiger partial charge in [-0.3, -0.25) is 14.8 Å². The first-order chi connectivity index (χ1) is 11.7. The van der Waals surface area contributed by atoms with Crippen molar-refractivity contribution in [2.24, 2.45) is 5.10 Å². The van der Waals surface area contributed by atoms with Crippen LogP contribution in [-0.2, 0) is 4.79 Å². The second-order valence-electron chi connectivity index (χ2n) is 5.80. The molecule has 1 aliphatic heterocycles. The lowest BCUT2D eigenvalue weighted by Crippen LogP contribution is -2.24. The number of rotatable bonds is 2. The summed E-state index contributed by atoms with van der Waals surface area (Å²) >= 11 is 0. The Labute approximate surface area is 139 Å². The lowest BCUT2D eigenvalue weighted by atomic mass is 9.98. The molecule has 1 aromatic heterocycles. The van der Waals surface area contributed by atoms with Gasteiger partial charge in [-0.2, -0.15) is 5.10 Å². The van der Waals surface area contributed by atoms with E-state index in [0.29, 0.717) is 6.42 Å². The number of hydrazone groups is 1. The average molecular weight is 316 g/mol. The zero-order valence-corrected chi connectivity index (χ0v) is 13.3.